The lowest BCUT2D eigenvalue weighted by atomic mass is 10.1. The molecule has 9 heteroatoms. The molecule has 1 saturated heterocycles. The van der Waals surface area contributed by atoms with E-state index in [0.717, 1.165) is 4.90 Å². The highest BCUT2D eigenvalue weighted by Gasteiger charge is 2.34. The van der Waals surface area contributed by atoms with Crippen LogP contribution in [0.3, 0.4) is 0 Å². The molecule has 0 aliphatic carbocycles. The average molecular weight is 300 g/mol. The Morgan fingerprint density at radius 1 is 1.43 bits per heavy atom. The zero-order valence-electron chi connectivity index (χ0n) is 12.0. The summed E-state index contributed by atoms with van der Waals surface area (Å²) < 4.78 is 0. The van der Waals surface area contributed by atoms with Crippen molar-refractivity contribution >= 4 is 23.8 Å². The van der Waals surface area contributed by atoms with Gasteiger partial charge in [-0.15, -0.1) is 0 Å². The summed E-state index contributed by atoms with van der Waals surface area (Å²) in [6.45, 7) is 3.80. The van der Waals surface area contributed by atoms with Crippen molar-refractivity contribution in [1.29, 1.82) is 0 Å². The number of hydrogen-bond donors (Lipinski definition) is 4. The molecule has 9 nitrogen and oxygen atoms in total. The van der Waals surface area contributed by atoms with E-state index in [0.29, 0.717) is 0 Å². The Kier molecular flexibility index (Phi) is 5.94. The zero-order chi connectivity index (χ0) is 16.0. The molecule has 0 radical (unpaired) electrons. The van der Waals surface area contributed by atoms with Gasteiger partial charge in [0.25, 0.3) is 0 Å². The average Bonchev–Trinajstić information content (AvgIpc) is 2.37. The Balaban J connectivity index is 2.59. The summed E-state index contributed by atoms with van der Waals surface area (Å²) >= 11 is 0. The third-order valence-electron chi connectivity index (χ3n) is 2.81. The molecule has 1 aliphatic rings. The predicted octanol–water partition coefficient (Wildman–Crippen LogP) is -1.50. The third kappa shape index (κ3) is 5.28. The maximum absolute atomic E-state index is 12.0. The van der Waals surface area contributed by atoms with E-state index in [1.165, 1.54) is 0 Å². The second-order valence-corrected chi connectivity index (χ2v) is 4.98. The van der Waals surface area contributed by atoms with Gasteiger partial charge < -0.3 is 26.0 Å². The minimum atomic E-state index is -1.17. The van der Waals surface area contributed by atoms with Crippen molar-refractivity contribution in [2.45, 2.75) is 32.4 Å². The largest absolute Gasteiger partial charge is 0.481 e. The van der Waals surface area contributed by atoms with Crippen LogP contribution in [0.25, 0.3) is 0 Å². The Labute approximate surface area is 122 Å². The highest BCUT2D eigenvalue weighted by atomic mass is 16.4. The number of carboxylic acids is 1. The van der Waals surface area contributed by atoms with Gasteiger partial charge >= 0.3 is 12.0 Å². The van der Waals surface area contributed by atoms with Crippen LogP contribution in [0.1, 0.15) is 20.3 Å². The number of nitrogens with zero attached hydrogens (tertiary/aromatic N) is 1. The number of urea groups is 1. The van der Waals surface area contributed by atoms with Crippen molar-refractivity contribution in [1.82, 2.24) is 20.9 Å². The second kappa shape index (κ2) is 7.46. The molecule has 1 heterocycles. The monoisotopic (exact) mass is 300 g/mol. The molecule has 4 amide bonds. The number of hydrogen-bond acceptors (Lipinski definition) is 4. The fourth-order valence-electron chi connectivity index (χ4n) is 1.96. The lowest BCUT2D eigenvalue weighted by molar-refractivity contribution is -0.142. The third-order valence-corrected chi connectivity index (χ3v) is 2.81. The van der Waals surface area contributed by atoms with E-state index in [4.69, 9.17) is 5.11 Å². The number of carbonyl (C=O) groups is 4. The first-order chi connectivity index (χ1) is 9.81. The van der Waals surface area contributed by atoms with Gasteiger partial charge in [0.1, 0.15) is 6.04 Å². The summed E-state index contributed by atoms with van der Waals surface area (Å²) in [6.07, 6.45) is -0.475. The van der Waals surface area contributed by atoms with E-state index in [1.54, 1.807) is 13.8 Å². The quantitative estimate of drug-likeness (QED) is 0.491. The highest BCUT2D eigenvalue weighted by Crippen LogP contribution is 2.09. The van der Waals surface area contributed by atoms with Crippen molar-refractivity contribution in [2.75, 3.05) is 19.6 Å². The van der Waals surface area contributed by atoms with Crippen molar-refractivity contribution in [3.8, 4) is 0 Å². The smallest absolute Gasteiger partial charge is 0.318 e. The molecule has 1 atom stereocenters. The van der Waals surface area contributed by atoms with E-state index < -0.39 is 30.4 Å². The lowest BCUT2D eigenvalue weighted by Crippen LogP contribution is -2.60. The molecule has 0 aromatic carbocycles. The molecule has 4 N–H and O–H groups in total. The summed E-state index contributed by atoms with van der Waals surface area (Å²) in [4.78, 5) is 47.0. The number of carboxylic acid groups (broad SMARTS) is 1. The Bertz CT molecular complexity index is 437. The van der Waals surface area contributed by atoms with Crippen LogP contribution in [0, 0.1) is 0 Å². The molecule has 21 heavy (non-hydrogen) atoms. The Hall–Kier alpha value is -2.32. The predicted molar refractivity (Wildman–Crippen MR) is 72.4 cm³/mol. The molecule has 0 aromatic rings. The van der Waals surface area contributed by atoms with Gasteiger partial charge in [0, 0.05) is 19.1 Å². The Morgan fingerprint density at radius 3 is 2.67 bits per heavy atom. The highest BCUT2D eigenvalue weighted by molar-refractivity contribution is 5.92. The van der Waals surface area contributed by atoms with E-state index in [2.05, 4.69) is 16.0 Å². The van der Waals surface area contributed by atoms with Crippen molar-refractivity contribution in [3.05, 3.63) is 0 Å². The first-order valence-electron chi connectivity index (χ1n) is 6.64. The molecule has 1 fully saturated rings. The van der Waals surface area contributed by atoms with Crippen LogP contribution in [-0.2, 0) is 14.4 Å². The standard InChI is InChI=1S/C12H20N4O5/c1-7(2)15-9(17)6-14-12(21)16-4-3-13-11(20)8(16)5-10(18)19/h7-8H,3-6H2,1-2H3,(H,13,20)(H,14,21)(H,15,17)(H,18,19). The fraction of sp³-hybridized carbons (Fsp3) is 0.667. The number of rotatable bonds is 5. The van der Waals surface area contributed by atoms with Crippen LogP contribution in [0.2, 0.25) is 0 Å². The zero-order valence-corrected chi connectivity index (χ0v) is 12.0. The van der Waals surface area contributed by atoms with Crippen LogP contribution in [0.5, 0.6) is 0 Å². The summed E-state index contributed by atoms with van der Waals surface area (Å²) in [7, 11) is 0. The van der Waals surface area contributed by atoms with Gasteiger partial charge in [-0.25, -0.2) is 4.79 Å². The summed E-state index contributed by atoms with van der Waals surface area (Å²) in [5.74, 6) is -2.03. The van der Waals surface area contributed by atoms with Gasteiger partial charge in [0.05, 0.1) is 13.0 Å². The molecular formula is C12H20N4O5. The van der Waals surface area contributed by atoms with E-state index in [-0.39, 0.29) is 31.6 Å². The summed E-state index contributed by atoms with van der Waals surface area (Å²) in [5.41, 5.74) is 0. The van der Waals surface area contributed by atoms with Crippen LogP contribution in [-0.4, -0.2) is 65.5 Å². The summed E-state index contributed by atoms with van der Waals surface area (Å²) in [5, 5.41) is 16.3. The molecule has 0 saturated carbocycles. The molecular weight excluding hydrogens is 280 g/mol. The van der Waals surface area contributed by atoms with E-state index in [1.807, 2.05) is 0 Å². The van der Waals surface area contributed by atoms with Gasteiger partial charge in [-0.05, 0) is 13.8 Å². The van der Waals surface area contributed by atoms with E-state index >= 15 is 0 Å². The first-order valence-corrected chi connectivity index (χ1v) is 6.64. The minimum absolute atomic E-state index is 0.0464. The van der Waals surface area contributed by atoms with Crippen LogP contribution >= 0.6 is 0 Å². The molecule has 0 aromatic heterocycles. The van der Waals surface area contributed by atoms with Gasteiger partial charge in [-0.1, -0.05) is 0 Å². The molecule has 1 rings (SSSR count). The van der Waals surface area contributed by atoms with Crippen LogP contribution in [0.4, 0.5) is 4.79 Å². The maximum atomic E-state index is 12.0. The van der Waals surface area contributed by atoms with Crippen LogP contribution in [0.15, 0.2) is 0 Å². The van der Waals surface area contributed by atoms with Crippen molar-refractivity contribution in [2.24, 2.45) is 0 Å². The van der Waals surface area contributed by atoms with Crippen molar-refractivity contribution < 1.29 is 24.3 Å². The van der Waals surface area contributed by atoms with Crippen molar-refractivity contribution in [3.63, 3.8) is 0 Å². The molecule has 118 valence electrons. The fourth-order valence-corrected chi connectivity index (χ4v) is 1.96. The minimum Gasteiger partial charge on any atom is -0.481 e. The second-order valence-electron chi connectivity index (χ2n) is 4.98. The lowest BCUT2D eigenvalue weighted by Gasteiger charge is -2.34. The SMILES string of the molecule is CC(C)NC(=O)CNC(=O)N1CCNC(=O)C1CC(=O)O. The number of piperazine rings is 1. The van der Waals surface area contributed by atoms with Gasteiger partial charge in [0.2, 0.25) is 11.8 Å². The maximum Gasteiger partial charge on any atom is 0.318 e. The summed E-state index contributed by atoms with van der Waals surface area (Å²) in [6, 6.07) is -1.74. The molecule has 1 unspecified atom stereocenters. The molecule has 1 aliphatic heterocycles. The van der Waals surface area contributed by atoms with Gasteiger partial charge in [-0.2, -0.15) is 0 Å². The topological polar surface area (TPSA) is 128 Å². The van der Waals surface area contributed by atoms with Crippen LogP contribution < -0.4 is 16.0 Å². The molecule has 0 bridgehead atoms. The van der Waals surface area contributed by atoms with E-state index in [9.17, 15) is 19.2 Å². The normalized spacial score (nSPS) is 18.1. The Morgan fingerprint density at radius 2 is 2.10 bits per heavy atom. The number of aliphatic carboxylic acids is 1. The first kappa shape index (κ1) is 16.7. The molecule has 0 spiro atoms. The number of amides is 4. The number of carbonyl (C=O) groups excluding carboxylic acids is 3. The number of nitrogens with one attached hydrogen (secondary N) is 3. The van der Waals surface area contributed by atoms with Gasteiger partial charge in [0.15, 0.2) is 0 Å². The van der Waals surface area contributed by atoms with Gasteiger partial charge in [-0.3, -0.25) is 14.4 Å².